The molecule has 0 unspecified atom stereocenters. The van der Waals surface area contributed by atoms with E-state index in [1.165, 1.54) is 0 Å². The van der Waals surface area contributed by atoms with Crippen LogP contribution < -0.4 is 10.6 Å². The Morgan fingerprint density at radius 3 is 2.72 bits per heavy atom. The molecule has 1 aromatic carbocycles. The summed E-state index contributed by atoms with van der Waals surface area (Å²) in [5.41, 5.74) is 1.62. The van der Waals surface area contributed by atoms with E-state index in [4.69, 9.17) is 4.74 Å². The minimum absolute atomic E-state index is 0.200. The van der Waals surface area contributed by atoms with Crippen molar-refractivity contribution in [2.24, 2.45) is 0 Å². The summed E-state index contributed by atoms with van der Waals surface area (Å²) in [6.45, 7) is 0.368. The number of nitrogens with zero attached hydrogens (tertiary/aromatic N) is 3. The predicted molar refractivity (Wildman–Crippen MR) is 94.6 cm³/mol. The second kappa shape index (κ2) is 8.07. The average molecular weight is 337 g/mol. The van der Waals surface area contributed by atoms with Crippen LogP contribution in [0.3, 0.4) is 0 Å². The van der Waals surface area contributed by atoms with E-state index in [-0.39, 0.29) is 12.1 Å². The third-order valence-corrected chi connectivity index (χ3v) is 3.68. The Bertz CT molecular complexity index is 788. The first-order valence-corrected chi connectivity index (χ1v) is 7.83. The quantitative estimate of drug-likeness (QED) is 0.725. The number of ether oxygens (including phenoxy) is 1. The zero-order valence-corrected chi connectivity index (χ0v) is 13.8. The van der Waals surface area contributed by atoms with Crippen molar-refractivity contribution in [3.8, 4) is 5.82 Å². The van der Waals surface area contributed by atoms with Gasteiger partial charge < -0.3 is 15.4 Å². The van der Waals surface area contributed by atoms with Gasteiger partial charge in [-0.3, -0.25) is 4.57 Å². The van der Waals surface area contributed by atoms with Crippen molar-refractivity contribution < 1.29 is 9.53 Å². The van der Waals surface area contributed by atoms with Gasteiger partial charge in [0.25, 0.3) is 0 Å². The van der Waals surface area contributed by atoms with Crippen LogP contribution in [0.5, 0.6) is 0 Å². The molecule has 25 heavy (non-hydrogen) atoms. The summed E-state index contributed by atoms with van der Waals surface area (Å²) in [6, 6.07) is 13.0. The van der Waals surface area contributed by atoms with Crippen LogP contribution in [0.15, 0.2) is 67.4 Å². The maximum Gasteiger partial charge on any atom is 0.319 e. The Labute approximate surface area is 145 Å². The third-order valence-electron chi connectivity index (χ3n) is 3.68. The van der Waals surface area contributed by atoms with Crippen molar-refractivity contribution in [3.05, 3.63) is 72.9 Å². The van der Waals surface area contributed by atoms with E-state index in [0.29, 0.717) is 12.2 Å². The van der Waals surface area contributed by atoms with Gasteiger partial charge in [-0.05, 0) is 17.7 Å². The van der Waals surface area contributed by atoms with Crippen LogP contribution in [0, 0.1) is 0 Å². The zero-order chi connectivity index (χ0) is 17.5. The number of anilines is 1. The molecule has 0 aliphatic rings. The molecule has 0 spiro atoms. The molecule has 7 heteroatoms. The molecule has 128 valence electrons. The van der Waals surface area contributed by atoms with Gasteiger partial charge >= 0.3 is 6.03 Å². The minimum atomic E-state index is -0.310. The maximum atomic E-state index is 12.1. The summed E-state index contributed by atoms with van der Waals surface area (Å²) in [7, 11) is 1.62. The van der Waals surface area contributed by atoms with Crippen molar-refractivity contribution in [3.63, 3.8) is 0 Å². The van der Waals surface area contributed by atoms with Crippen LogP contribution in [0.25, 0.3) is 5.82 Å². The lowest BCUT2D eigenvalue weighted by Gasteiger charge is -2.16. The van der Waals surface area contributed by atoms with E-state index < -0.39 is 0 Å². The first kappa shape index (κ1) is 16.7. The average Bonchev–Trinajstić information content (AvgIpc) is 3.18. The minimum Gasteiger partial charge on any atom is -0.375 e. The number of hydrogen-bond donors (Lipinski definition) is 2. The molecule has 0 saturated heterocycles. The molecule has 2 N–H and O–H groups in total. The number of urea groups is 1. The highest BCUT2D eigenvalue weighted by molar-refractivity contribution is 5.89. The number of pyridine rings is 1. The fraction of sp³-hybridized carbons (Fsp3) is 0.167. The molecule has 0 fully saturated rings. The van der Waals surface area contributed by atoms with Crippen LogP contribution in [0.1, 0.15) is 11.7 Å². The first-order chi connectivity index (χ1) is 12.3. The number of methoxy groups -OCH3 is 1. The summed E-state index contributed by atoms with van der Waals surface area (Å²) in [5, 5.41) is 5.56. The molecule has 2 heterocycles. The van der Waals surface area contributed by atoms with E-state index in [1.54, 1.807) is 48.7 Å². The van der Waals surface area contributed by atoms with Crippen LogP contribution in [-0.2, 0) is 4.74 Å². The molecule has 2 amide bonds. The van der Waals surface area contributed by atoms with Crippen LogP contribution >= 0.6 is 0 Å². The molecule has 3 aromatic rings. The SMILES string of the molecule is CO[C@@H](CNC(=O)Nc1ccc(-n2ccnc2)nc1)c1ccccc1. The lowest BCUT2D eigenvalue weighted by Crippen LogP contribution is -2.33. The molecule has 3 rings (SSSR count). The van der Waals surface area contributed by atoms with Crippen molar-refractivity contribution in [1.82, 2.24) is 19.9 Å². The van der Waals surface area contributed by atoms with E-state index in [0.717, 1.165) is 11.4 Å². The molecule has 1 atom stereocenters. The molecule has 0 bridgehead atoms. The van der Waals surface area contributed by atoms with Crippen LogP contribution in [0.2, 0.25) is 0 Å². The van der Waals surface area contributed by atoms with Gasteiger partial charge in [-0.1, -0.05) is 30.3 Å². The number of carbonyl (C=O) groups excluding carboxylic acids is 1. The number of nitrogens with one attached hydrogen (secondary N) is 2. The van der Waals surface area contributed by atoms with Gasteiger partial charge in [0.1, 0.15) is 12.1 Å². The number of benzene rings is 1. The van der Waals surface area contributed by atoms with E-state index >= 15 is 0 Å². The Balaban J connectivity index is 1.54. The van der Waals surface area contributed by atoms with Crippen LogP contribution in [0.4, 0.5) is 10.5 Å². The number of hydrogen-bond acceptors (Lipinski definition) is 4. The Morgan fingerprint density at radius 1 is 1.24 bits per heavy atom. The van der Waals surface area contributed by atoms with E-state index in [2.05, 4.69) is 20.6 Å². The van der Waals surface area contributed by atoms with Gasteiger partial charge in [-0.15, -0.1) is 0 Å². The summed E-state index contributed by atoms with van der Waals surface area (Å²) in [6.07, 6.45) is 6.54. The second-order valence-electron chi connectivity index (χ2n) is 5.35. The molecule has 0 radical (unpaired) electrons. The fourth-order valence-electron chi connectivity index (χ4n) is 2.37. The number of carbonyl (C=O) groups is 1. The Morgan fingerprint density at radius 2 is 2.08 bits per heavy atom. The molecule has 0 aliphatic heterocycles. The lowest BCUT2D eigenvalue weighted by atomic mass is 10.1. The van der Waals surface area contributed by atoms with E-state index in [1.807, 2.05) is 30.3 Å². The molecular formula is C18H19N5O2. The number of aromatic nitrogens is 3. The smallest absolute Gasteiger partial charge is 0.319 e. The molecule has 0 aliphatic carbocycles. The van der Waals surface area contributed by atoms with Gasteiger partial charge in [0.2, 0.25) is 0 Å². The Kier molecular flexibility index (Phi) is 5.38. The topological polar surface area (TPSA) is 81.1 Å². The molecule has 7 nitrogen and oxygen atoms in total. The standard InChI is InChI=1S/C18H19N5O2/c1-25-16(14-5-3-2-4-6-14)12-21-18(24)22-15-7-8-17(20-11-15)23-10-9-19-13-23/h2-11,13,16H,12H2,1H3,(H2,21,22,24)/t16-/m0/s1. The number of rotatable bonds is 6. The Hall–Kier alpha value is -3.19. The van der Waals surface area contributed by atoms with Gasteiger partial charge in [-0.2, -0.15) is 0 Å². The fourth-order valence-corrected chi connectivity index (χ4v) is 2.37. The predicted octanol–water partition coefficient (Wildman–Crippen LogP) is 2.78. The maximum absolute atomic E-state index is 12.1. The van der Waals surface area contributed by atoms with Crippen molar-refractivity contribution in [1.29, 1.82) is 0 Å². The summed E-state index contributed by atoms with van der Waals surface area (Å²) in [5.74, 6) is 0.729. The highest BCUT2D eigenvalue weighted by Gasteiger charge is 2.11. The largest absolute Gasteiger partial charge is 0.375 e. The summed E-state index contributed by atoms with van der Waals surface area (Å²) >= 11 is 0. The van der Waals surface area contributed by atoms with Gasteiger partial charge in [-0.25, -0.2) is 14.8 Å². The number of amides is 2. The summed E-state index contributed by atoms with van der Waals surface area (Å²) < 4.78 is 7.22. The lowest BCUT2D eigenvalue weighted by molar-refractivity contribution is 0.104. The van der Waals surface area contributed by atoms with Crippen molar-refractivity contribution >= 4 is 11.7 Å². The first-order valence-electron chi connectivity index (χ1n) is 7.83. The molecular weight excluding hydrogens is 318 g/mol. The monoisotopic (exact) mass is 337 g/mol. The third kappa shape index (κ3) is 4.42. The summed E-state index contributed by atoms with van der Waals surface area (Å²) in [4.78, 5) is 20.3. The second-order valence-corrected chi connectivity index (χ2v) is 5.35. The zero-order valence-electron chi connectivity index (χ0n) is 13.8. The van der Waals surface area contributed by atoms with Crippen molar-refractivity contribution in [2.75, 3.05) is 19.0 Å². The van der Waals surface area contributed by atoms with Gasteiger partial charge in [0, 0.05) is 26.0 Å². The van der Waals surface area contributed by atoms with E-state index in [9.17, 15) is 4.79 Å². The molecule has 2 aromatic heterocycles. The van der Waals surface area contributed by atoms with Gasteiger partial charge in [0.15, 0.2) is 0 Å². The van der Waals surface area contributed by atoms with Gasteiger partial charge in [0.05, 0.1) is 18.0 Å². The highest BCUT2D eigenvalue weighted by Crippen LogP contribution is 2.15. The highest BCUT2D eigenvalue weighted by atomic mass is 16.5. The normalized spacial score (nSPS) is 11.7. The van der Waals surface area contributed by atoms with Crippen molar-refractivity contribution in [2.45, 2.75) is 6.10 Å². The molecule has 0 saturated carbocycles. The number of imidazole rings is 1. The van der Waals surface area contributed by atoms with Crippen LogP contribution in [-0.4, -0.2) is 34.2 Å².